The molecule has 0 aliphatic carbocycles. The fourth-order valence-corrected chi connectivity index (χ4v) is 6.06. The number of ether oxygens (including phenoxy) is 2. The van der Waals surface area contributed by atoms with Crippen LogP contribution in [0.25, 0.3) is 0 Å². The summed E-state index contributed by atoms with van der Waals surface area (Å²) in [6.45, 7) is 2.43. The first-order valence-corrected chi connectivity index (χ1v) is 13.8. The predicted molar refractivity (Wildman–Crippen MR) is 150 cm³/mol. The Morgan fingerprint density at radius 1 is 1.07 bits per heavy atom. The van der Waals surface area contributed by atoms with Gasteiger partial charge in [-0.15, -0.1) is 0 Å². The SMILES string of the molecule is COC(=O)CC(c1cccc(Oc2ncccn2)c1)c1oc(CN2CC3CC(C2)c2cccc(=O)n2C3)cc(=O)c1O. The summed E-state index contributed by atoms with van der Waals surface area (Å²) in [6.07, 6.45) is 3.93. The standard InChI is InChI=1S/C31H30N4O7/c1-40-28(38)14-24(20-5-2-6-22(12-20)42-31-32-9-4-10-33-31)30-29(39)26(36)13-23(41-30)18-34-15-19-11-21(17-34)25-7-3-8-27(37)35(25)16-19/h2-10,12-13,19,21,24,39H,11,14-18H2,1H3. The lowest BCUT2D eigenvalue weighted by molar-refractivity contribution is -0.140. The van der Waals surface area contributed by atoms with Crippen molar-refractivity contribution in [2.45, 2.75) is 37.8 Å². The normalized spacial score (nSPS) is 18.6. The summed E-state index contributed by atoms with van der Waals surface area (Å²) in [6, 6.07) is 15.4. The third-order valence-corrected chi connectivity index (χ3v) is 7.86. The van der Waals surface area contributed by atoms with E-state index in [1.165, 1.54) is 13.2 Å². The van der Waals surface area contributed by atoms with E-state index in [-0.39, 0.29) is 29.7 Å². The van der Waals surface area contributed by atoms with Gasteiger partial charge in [-0.3, -0.25) is 19.3 Å². The van der Waals surface area contributed by atoms with Gasteiger partial charge in [0.15, 0.2) is 5.76 Å². The zero-order valence-corrected chi connectivity index (χ0v) is 23.0. The van der Waals surface area contributed by atoms with Crippen molar-refractivity contribution < 1.29 is 23.8 Å². The van der Waals surface area contributed by atoms with Crippen LogP contribution in [0.1, 0.15) is 47.5 Å². The monoisotopic (exact) mass is 570 g/mol. The van der Waals surface area contributed by atoms with Gasteiger partial charge >= 0.3 is 12.0 Å². The minimum Gasteiger partial charge on any atom is -0.502 e. The number of carbonyl (C=O) groups excluding carboxylic acids is 1. The number of rotatable bonds is 8. The van der Waals surface area contributed by atoms with Gasteiger partial charge in [-0.1, -0.05) is 18.2 Å². The Labute approximate surface area is 241 Å². The Morgan fingerprint density at radius 2 is 1.88 bits per heavy atom. The van der Waals surface area contributed by atoms with Crippen molar-refractivity contribution in [3.05, 3.63) is 110 Å². The summed E-state index contributed by atoms with van der Waals surface area (Å²) in [5, 5.41) is 10.9. The first-order chi connectivity index (χ1) is 20.4. The second-order valence-corrected chi connectivity index (χ2v) is 10.7. The van der Waals surface area contributed by atoms with Crippen molar-refractivity contribution in [1.82, 2.24) is 19.4 Å². The number of pyridine rings is 1. The summed E-state index contributed by atoms with van der Waals surface area (Å²) in [5.74, 6) is -0.683. The van der Waals surface area contributed by atoms with Crippen LogP contribution in [-0.2, 0) is 22.6 Å². The van der Waals surface area contributed by atoms with E-state index in [0.29, 0.717) is 42.6 Å². The smallest absolute Gasteiger partial charge is 0.321 e. The van der Waals surface area contributed by atoms with E-state index < -0.39 is 23.1 Å². The van der Waals surface area contributed by atoms with Gasteiger partial charge in [0.2, 0.25) is 11.2 Å². The van der Waals surface area contributed by atoms with E-state index in [2.05, 4.69) is 14.9 Å². The Kier molecular flexibility index (Phi) is 7.58. The van der Waals surface area contributed by atoms with Crippen LogP contribution in [0.4, 0.5) is 0 Å². The van der Waals surface area contributed by atoms with E-state index >= 15 is 0 Å². The molecule has 42 heavy (non-hydrogen) atoms. The second-order valence-electron chi connectivity index (χ2n) is 10.7. The first-order valence-electron chi connectivity index (χ1n) is 13.8. The van der Waals surface area contributed by atoms with Crippen molar-refractivity contribution in [3.8, 4) is 17.5 Å². The van der Waals surface area contributed by atoms with Crippen LogP contribution in [0, 0.1) is 5.92 Å². The number of likely N-dealkylation sites (tertiary alicyclic amines) is 1. The quantitative estimate of drug-likeness (QED) is 0.314. The molecule has 0 spiro atoms. The highest BCUT2D eigenvalue weighted by atomic mass is 16.5. The minimum absolute atomic E-state index is 0.0206. The topological polar surface area (TPSA) is 137 Å². The third kappa shape index (κ3) is 5.68. The number of hydrogen-bond acceptors (Lipinski definition) is 10. The minimum atomic E-state index is -0.829. The number of aromatic nitrogens is 3. The molecule has 1 saturated heterocycles. The highest BCUT2D eigenvalue weighted by Gasteiger charge is 2.35. The molecule has 3 unspecified atom stereocenters. The highest BCUT2D eigenvalue weighted by Crippen LogP contribution is 2.37. The maximum atomic E-state index is 13.0. The zero-order valence-electron chi connectivity index (χ0n) is 23.0. The molecule has 216 valence electrons. The molecule has 2 bridgehead atoms. The van der Waals surface area contributed by atoms with Crippen molar-refractivity contribution in [1.29, 1.82) is 0 Å². The molecule has 0 saturated carbocycles. The zero-order chi connectivity index (χ0) is 29.2. The molecule has 11 nitrogen and oxygen atoms in total. The molecule has 2 aliphatic rings. The molecular weight excluding hydrogens is 540 g/mol. The Hall–Kier alpha value is -4.77. The molecule has 0 radical (unpaired) electrons. The number of fused-ring (bicyclic) bond motifs is 4. The van der Waals surface area contributed by atoms with E-state index in [9.17, 15) is 19.5 Å². The van der Waals surface area contributed by atoms with Gasteiger partial charge in [-0.2, -0.15) is 0 Å². The van der Waals surface area contributed by atoms with Gasteiger partial charge in [0.25, 0.3) is 5.56 Å². The lowest BCUT2D eigenvalue weighted by atomic mass is 9.83. The van der Waals surface area contributed by atoms with Gasteiger partial charge in [0, 0.05) is 55.8 Å². The van der Waals surface area contributed by atoms with E-state index in [4.69, 9.17) is 13.9 Å². The summed E-state index contributed by atoms with van der Waals surface area (Å²) in [7, 11) is 1.28. The number of aromatic hydroxyl groups is 1. The summed E-state index contributed by atoms with van der Waals surface area (Å²) in [4.78, 5) is 48.2. The fourth-order valence-electron chi connectivity index (χ4n) is 6.06. The number of nitrogens with zero attached hydrogens (tertiary/aromatic N) is 4. The van der Waals surface area contributed by atoms with Gasteiger partial charge in [-0.25, -0.2) is 9.97 Å². The van der Waals surface area contributed by atoms with Gasteiger partial charge in [0.1, 0.15) is 11.5 Å². The van der Waals surface area contributed by atoms with E-state index in [0.717, 1.165) is 18.7 Å². The highest BCUT2D eigenvalue weighted by molar-refractivity contribution is 5.71. The van der Waals surface area contributed by atoms with Crippen molar-refractivity contribution >= 4 is 5.97 Å². The Bertz CT molecular complexity index is 1720. The lowest BCUT2D eigenvalue weighted by Crippen LogP contribution is -2.46. The van der Waals surface area contributed by atoms with Gasteiger partial charge in [0.05, 0.1) is 26.0 Å². The van der Waals surface area contributed by atoms with Gasteiger partial charge < -0.3 is 23.6 Å². The molecule has 4 aromatic rings. The molecule has 0 amide bonds. The Balaban J connectivity index is 1.30. The molecule has 2 aliphatic heterocycles. The molecule has 1 fully saturated rings. The lowest BCUT2D eigenvalue weighted by Gasteiger charge is -2.42. The number of hydrogen-bond donors (Lipinski definition) is 1. The maximum absolute atomic E-state index is 13.0. The molecule has 6 rings (SSSR count). The molecule has 11 heteroatoms. The largest absolute Gasteiger partial charge is 0.502 e. The maximum Gasteiger partial charge on any atom is 0.321 e. The molecule has 1 aromatic carbocycles. The first kappa shape index (κ1) is 27.4. The molecule has 5 heterocycles. The number of carbonyl (C=O) groups is 1. The van der Waals surface area contributed by atoms with Crippen LogP contribution in [0.15, 0.2) is 81.0 Å². The van der Waals surface area contributed by atoms with Crippen molar-refractivity contribution in [3.63, 3.8) is 0 Å². The molecule has 3 atom stereocenters. The summed E-state index contributed by atoms with van der Waals surface area (Å²) < 4.78 is 18.8. The predicted octanol–water partition coefficient (Wildman–Crippen LogP) is 3.40. The Morgan fingerprint density at radius 3 is 2.69 bits per heavy atom. The van der Waals surface area contributed by atoms with Crippen molar-refractivity contribution in [2.24, 2.45) is 5.92 Å². The van der Waals surface area contributed by atoms with Crippen LogP contribution in [0.2, 0.25) is 0 Å². The van der Waals surface area contributed by atoms with Crippen LogP contribution in [0.3, 0.4) is 0 Å². The van der Waals surface area contributed by atoms with Gasteiger partial charge in [-0.05, 0) is 42.2 Å². The van der Waals surface area contributed by atoms with Crippen LogP contribution in [0.5, 0.6) is 17.5 Å². The molecular formula is C31H30N4O7. The molecule has 1 N–H and O–H groups in total. The average molecular weight is 571 g/mol. The second kappa shape index (κ2) is 11.6. The molecule has 3 aromatic heterocycles. The fraction of sp³-hybridized carbons (Fsp3) is 0.323. The number of benzene rings is 1. The van der Waals surface area contributed by atoms with E-state index in [1.54, 1.807) is 54.9 Å². The number of esters is 1. The number of piperidine rings is 1. The van der Waals surface area contributed by atoms with Crippen molar-refractivity contribution in [2.75, 3.05) is 20.2 Å². The summed E-state index contributed by atoms with van der Waals surface area (Å²) in [5.41, 5.74) is 1.02. The van der Waals surface area contributed by atoms with E-state index in [1.807, 2.05) is 10.6 Å². The number of methoxy groups -OCH3 is 1. The summed E-state index contributed by atoms with van der Waals surface area (Å²) >= 11 is 0. The average Bonchev–Trinajstić information content (AvgIpc) is 2.99. The third-order valence-electron chi connectivity index (χ3n) is 7.86. The van der Waals surface area contributed by atoms with Crippen LogP contribution < -0.4 is 15.7 Å². The van der Waals surface area contributed by atoms with Crippen LogP contribution >= 0.6 is 0 Å². The van der Waals surface area contributed by atoms with Crippen LogP contribution in [-0.4, -0.2) is 50.7 Å².